The smallest absolute Gasteiger partial charge is 0.222 e. The van der Waals surface area contributed by atoms with Crippen LogP contribution in [0.5, 0.6) is 0 Å². The van der Waals surface area contributed by atoms with Crippen LogP contribution in [0.15, 0.2) is 47.6 Å². The first-order valence-electron chi connectivity index (χ1n) is 11.2. The zero-order valence-electron chi connectivity index (χ0n) is 19.7. The van der Waals surface area contributed by atoms with Crippen LogP contribution >= 0.6 is 0 Å². The number of nitrogen functional groups attached to an aromatic ring is 1. The summed E-state index contributed by atoms with van der Waals surface area (Å²) >= 11 is 0. The molecule has 1 fully saturated rings. The van der Waals surface area contributed by atoms with Crippen molar-refractivity contribution in [3.05, 3.63) is 59.3 Å². The van der Waals surface area contributed by atoms with Crippen molar-refractivity contribution in [3.63, 3.8) is 0 Å². The maximum Gasteiger partial charge on any atom is 0.222 e. The Morgan fingerprint density at radius 1 is 1.15 bits per heavy atom. The number of aromatic nitrogens is 3. The van der Waals surface area contributed by atoms with Crippen molar-refractivity contribution in [2.75, 3.05) is 32.9 Å². The molecular formula is C25H31N7O. The molecule has 0 bridgehead atoms. The predicted molar refractivity (Wildman–Crippen MR) is 131 cm³/mol. The number of benzene rings is 1. The van der Waals surface area contributed by atoms with Crippen LogP contribution in [0.2, 0.25) is 0 Å². The van der Waals surface area contributed by atoms with Crippen LogP contribution in [-0.4, -0.2) is 64.1 Å². The standard InChI is InChI=1S/C25H31N7O/c1-17-13-20(14-18(2)27-17)22-23(19-9-6-5-7-10-19)28-25(26)32(16-33)24(22)29-31(4)15-21-11-8-12-30(21)3/h5-7,9-10,13-14,16,21H,8,11-12,15H2,1-4H3,(H2,26,28)/b29-24-. The van der Waals surface area contributed by atoms with E-state index in [0.29, 0.717) is 23.6 Å². The van der Waals surface area contributed by atoms with Crippen LogP contribution in [0, 0.1) is 13.8 Å². The third kappa shape index (κ3) is 4.80. The normalized spacial score (nSPS) is 16.8. The summed E-state index contributed by atoms with van der Waals surface area (Å²) < 4.78 is 1.32. The van der Waals surface area contributed by atoms with Crippen molar-refractivity contribution in [2.45, 2.75) is 32.7 Å². The molecule has 172 valence electrons. The molecule has 1 aromatic carbocycles. The summed E-state index contributed by atoms with van der Waals surface area (Å²) in [5.74, 6) is 0.0974. The maximum absolute atomic E-state index is 12.1. The van der Waals surface area contributed by atoms with Crippen molar-refractivity contribution < 1.29 is 4.79 Å². The second-order valence-corrected chi connectivity index (χ2v) is 8.71. The van der Waals surface area contributed by atoms with Gasteiger partial charge in [-0.1, -0.05) is 30.3 Å². The highest BCUT2D eigenvalue weighted by molar-refractivity contribution is 5.82. The fourth-order valence-corrected chi connectivity index (χ4v) is 4.53. The summed E-state index contributed by atoms with van der Waals surface area (Å²) in [4.78, 5) is 23.6. The second-order valence-electron chi connectivity index (χ2n) is 8.71. The van der Waals surface area contributed by atoms with E-state index < -0.39 is 0 Å². The minimum absolute atomic E-state index is 0.0974. The topological polar surface area (TPSA) is 92.6 Å². The molecule has 4 rings (SSSR count). The number of likely N-dealkylation sites (tertiary alicyclic amines) is 1. The highest BCUT2D eigenvalue weighted by atomic mass is 16.1. The van der Waals surface area contributed by atoms with Gasteiger partial charge in [0.15, 0.2) is 5.49 Å². The van der Waals surface area contributed by atoms with Crippen LogP contribution in [0.1, 0.15) is 24.2 Å². The zero-order chi connectivity index (χ0) is 23.5. The second kappa shape index (κ2) is 9.54. The summed E-state index contributed by atoms with van der Waals surface area (Å²) in [5.41, 5.74) is 11.7. The Hall–Kier alpha value is -3.52. The number of pyridine rings is 1. The molecule has 0 radical (unpaired) electrons. The zero-order valence-corrected chi connectivity index (χ0v) is 19.7. The molecule has 0 aliphatic carbocycles. The Labute approximate surface area is 194 Å². The summed E-state index contributed by atoms with van der Waals surface area (Å²) in [6.45, 7) is 5.76. The molecule has 8 nitrogen and oxygen atoms in total. The Morgan fingerprint density at radius 3 is 2.45 bits per heavy atom. The molecule has 2 aromatic heterocycles. The average molecular weight is 446 g/mol. The first kappa shape index (κ1) is 22.7. The minimum Gasteiger partial charge on any atom is -0.369 e. The van der Waals surface area contributed by atoms with Crippen LogP contribution in [-0.2, 0) is 4.79 Å². The molecule has 1 unspecified atom stereocenters. The number of nitrogens with two attached hydrogens (primary N) is 1. The third-order valence-corrected chi connectivity index (χ3v) is 6.10. The van der Waals surface area contributed by atoms with Crippen molar-refractivity contribution in [3.8, 4) is 22.4 Å². The monoisotopic (exact) mass is 445 g/mol. The largest absolute Gasteiger partial charge is 0.369 e. The van der Waals surface area contributed by atoms with E-state index >= 15 is 0 Å². The molecule has 1 atom stereocenters. The van der Waals surface area contributed by atoms with E-state index in [1.54, 1.807) is 0 Å². The number of carbonyl (C=O) groups excluding carboxylic acids is 1. The van der Waals surface area contributed by atoms with Gasteiger partial charge >= 0.3 is 0 Å². The average Bonchev–Trinajstić information content (AvgIpc) is 3.17. The molecule has 33 heavy (non-hydrogen) atoms. The Balaban J connectivity index is 1.98. The lowest BCUT2D eigenvalue weighted by Gasteiger charge is -2.24. The van der Waals surface area contributed by atoms with Gasteiger partial charge in [-0.15, -0.1) is 0 Å². The van der Waals surface area contributed by atoms with Crippen LogP contribution < -0.4 is 11.2 Å². The number of anilines is 1. The molecule has 1 aliphatic rings. The van der Waals surface area contributed by atoms with Crippen LogP contribution in [0.4, 0.5) is 5.95 Å². The molecule has 0 spiro atoms. The summed E-state index contributed by atoms with van der Waals surface area (Å²) in [6, 6.07) is 14.2. The number of likely N-dealkylation sites (N-methyl/N-ethyl adjacent to an activating group) is 2. The number of hydrogen-bond acceptors (Lipinski definition) is 7. The van der Waals surface area contributed by atoms with Crippen molar-refractivity contribution in [2.24, 2.45) is 5.10 Å². The lowest BCUT2D eigenvalue weighted by atomic mass is 9.99. The maximum atomic E-state index is 12.1. The van der Waals surface area contributed by atoms with Crippen LogP contribution in [0.3, 0.4) is 0 Å². The van der Waals surface area contributed by atoms with E-state index in [2.05, 4.69) is 21.9 Å². The first-order chi connectivity index (χ1) is 15.9. The Morgan fingerprint density at radius 2 is 1.85 bits per heavy atom. The van der Waals surface area contributed by atoms with Gasteiger partial charge in [0.05, 0.1) is 17.8 Å². The van der Waals surface area contributed by atoms with Gasteiger partial charge in [-0.2, -0.15) is 5.10 Å². The Bertz CT molecular complexity index is 1200. The number of aryl methyl sites for hydroxylation is 2. The van der Waals surface area contributed by atoms with E-state index in [-0.39, 0.29) is 5.95 Å². The van der Waals surface area contributed by atoms with E-state index in [1.165, 1.54) is 11.0 Å². The number of rotatable bonds is 6. The van der Waals surface area contributed by atoms with Gasteiger partial charge in [0, 0.05) is 30.0 Å². The Kier molecular flexibility index (Phi) is 6.55. The molecular weight excluding hydrogens is 414 g/mol. The van der Waals surface area contributed by atoms with E-state index in [4.69, 9.17) is 10.8 Å². The fourth-order valence-electron chi connectivity index (χ4n) is 4.53. The van der Waals surface area contributed by atoms with E-state index in [1.807, 2.05) is 68.4 Å². The lowest BCUT2D eigenvalue weighted by Crippen LogP contribution is -2.37. The van der Waals surface area contributed by atoms with Gasteiger partial charge in [-0.25, -0.2) is 9.55 Å². The number of nitrogens with zero attached hydrogens (tertiary/aromatic N) is 6. The van der Waals surface area contributed by atoms with Gasteiger partial charge < -0.3 is 10.6 Å². The summed E-state index contributed by atoms with van der Waals surface area (Å²) in [5, 5.41) is 6.81. The van der Waals surface area contributed by atoms with Gasteiger partial charge in [0.25, 0.3) is 0 Å². The minimum atomic E-state index is 0.0974. The van der Waals surface area contributed by atoms with Gasteiger partial charge in [-0.05, 0) is 58.0 Å². The molecule has 3 aromatic rings. The quantitative estimate of drug-likeness (QED) is 0.463. The first-order valence-corrected chi connectivity index (χ1v) is 11.2. The molecule has 1 saturated heterocycles. The van der Waals surface area contributed by atoms with Gasteiger partial charge in [0.1, 0.15) is 0 Å². The summed E-state index contributed by atoms with van der Waals surface area (Å²) in [6.07, 6.45) is 2.99. The number of carbonyl (C=O) groups is 1. The van der Waals surface area contributed by atoms with Crippen LogP contribution in [0.25, 0.3) is 22.4 Å². The van der Waals surface area contributed by atoms with Crippen molar-refractivity contribution >= 4 is 12.4 Å². The van der Waals surface area contributed by atoms with Gasteiger partial charge in [-0.3, -0.25) is 14.8 Å². The van der Waals surface area contributed by atoms with Crippen molar-refractivity contribution in [1.82, 2.24) is 24.4 Å². The lowest BCUT2D eigenvalue weighted by molar-refractivity contribution is 0.220. The van der Waals surface area contributed by atoms with Gasteiger partial charge in [0.2, 0.25) is 12.4 Å². The van der Waals surface area contributed by atoms with E-state index in [0.717, 1.165) is 47.6 Å². The molecule has 3 heterocycles. The molecule has 0 amide bonds. The molecule has 2 N–H and O–H groups in total. The van der Waals surface area contributed by atoms with E-state index in [9.17, 15) is 4.79 Å². The summed E-state index contributed by atoms with van der Waals surface area (Å²) in [7, 11) is 4.08. The highest BCUT2D eigenvalue weighted by Crippen LogP contribution is 2.29. The highest BCUT2D eigenvalue weighted by Gasteiger charge is 2.23. The molecule has 0 saturated carbocycles. The fraction of sp³-hybridized carbons (Fsp3) is 0.360. The van der Waals surface area contributed by atoms with Crippen molar-refractivity contribution in [1.29, 1.82) is 0 Å². The number of hydrogen-bond donors (Lipinski definition) is 1. The SMILES string of the molecule is Cc1cc(-c2c(-c3ccccc3)nc(N)n(C=O)/c2=N\N(C)CC2CCCN2C)cc(C)n1. The third-order valence-electron chi connectivity index (χ3n) is 6.10. The molecule has 1 aliphatic heterocycles. The predicted octanol–water partition coefficient (Wildman–Crippen LogP) is 2.69. The molecule has 8 heteroatoms.